The Morgan fingerprint density at radius 2 is 1.76 bits per heavy atom. The first kappa shape index (κ1) is 16.0. The van der Waals surface area contributed by atoms with Crippen molar-refractivity contribution in [3.05, 3.63) is 0 Å². The summed E-state index contributed by atoms with van der Waals surface area (Å²) in [7, 11) is 0. The van der Waals surface area contributed by atoms with Gasteiger partial charge in [0.15, 0.2) is 0 Å². The molecule has 21 heavy (non-hydrogen) atoms. The highest BCUT2D eigenvalue weighted by atomic mass is 16.2. The zero-order chi connectivity index (χ0) is 15.6. The first-order valence-corrected chi connectivity index (χ1v) is 8.15. The Hall–Kier alpha value is -1.39. The monoisotopic (exact) mass is 294 g/mol. The van der Waals surface area contributed by atoms with Gasteiger partial charge in [-0.15, -0.1) is 0 Å². The molecular formula is C16H26N2O3. The van der Waals surface area contributed by atoms with E-state index in [-0.39, 0.29) is 11.9 Å². The van der Waals surface area contributed by atoms with E-state index in [2.05, 4.69) is 12.2 Å². The summed E-state index contributed by atoms with van der Waals surface area (Å²) in [6.45, 7) is 5.89. The molecule has 2 unspecified atom stereocenters. The second-order valence-electron chi connectivity index (χ2n) is 6.49. The van der Waals surface area contributed by atoms with Gasteiger partial charge in [0.2, 0.25) is 11.8 Å². The van der Waals surface area contributed by atoms with Crippen molar-refractivity contribution in [1.82, 2.24) is 10.2 Å². The van der Waals surface area contributed by atoms with Crippen LogP contribution in [0, 0.1) is 11.3 Å². The van der Waals surface area contributed by atoms with E-state index in [1.165, 1.54) is 4.90 Å². The SMILES string of the molecule is CCC1(CC)C(=O)NC(=O)N(C2CCCC(C)CC2)C1=O. The van der Waals surface area contributed by atoms with Crippen LogP contribution in [-0.4, -0.2) is 28.8 Å². The number of carbonyl (C=O) groups excluding carboxylic acids is 3. The van der Waals surface area contributed by atoms with E-state index < -0.39 is 17.4 Å². The standard InChI is InChI=1S/C16H26N2O3/c1-4-16(5-2)13(19)17-15(21)18(14(16)20)12-8-6-7-11(3)9-10-12/h11-12H,4-10H2,1-3H3,(H,17,19,21). The molecule has 4 amide bonds. The summed E-state index contributed by atoms with van der Waals surface area (Å²) in [6, 6.07) is -0.588. The predicted octanol–water partition coefficient (Wildman–Crippen LogP) is 2.84. The Bertz CT molecular complexity index is 443. The van der Waals surface area contributed by atoms with Gasteiger partial charge in [-0.25, -0.2) is 4.79 Å². The Morgan fingerprint density at radius 1 is 1.10 bits per heavy atom. The summed E-state index contributed by atoms with van der Waals surface area (Å²) in [6.07, 6.45) is 5.76. The second-order valence-corrected chi connectivity index (χ2v) is 6.49. The number of nitrogens with zero attached hydrogens (tertiary/aromatic N) is 1. The Balaban J connectivity index is 2.27. The minimum atomic E-state index is -1.06. The number of carbonyl (C=O) groups is 3. The minimum absolute atomic E-state index is 0.0620. The molecule has 2 rings (SSSR count). The van der Waals surface area contributed by atoms with Gasteiger partial charge < -0.3 is 0 Å². The Morgan fingerprint density at radius 3 is 2.38 bits per heavy atom. The third kappa shape index (κ3) is 2.70. The van der Waals surface area contributed by atoms with Crippen LogP contribution in [0.15, 0.2) is 0 Å². The fourth-order valence-electron chi connectivity index (χ4n) is 3.63. The summed E-state index contributed by atoms with van der Waals surface area (Å²) >= 11 is 0. The molecule has 1 aliphatic carbocycles. The molecule has 0 radical (unpaired) electrons. The van der Waals surface area contributed by atoms with Gasteiger partial charge in [-0.05, 0) is 38.0 Å². The summed E-state index contributed by atoms with van der Waals surface area (Å²) in [4.78, 5) is 38.6. The van der Waals surface area contributed by atoms with E-state index in [0.29, 0.717) is 18.8 Å². The number of nitrogens with one attached hydrogen (secondary N) is 1. The Labute approximate surface area is 126 Å². The van der Waals surface area contributed by atoms with Gasteiger partial charge >= 0.3 is 6.03 Å². The number of barbiturate groups is 1. The number of urea groups is 1. The van der Waals surface area contributed by atoms with Gasteiger partial charge in [-0.1, -0.05) is 33.6 Å². The highest BCUT2D eigenvalue weighted by Gasteiger charge is 2.53. The molecule has 0 aromatic rings. The molecule has 1 heterocycles. The fraction of sp³-hybridized carbons (Fsp3) is 0.812. The van der Waals surface area contributed by atoms with Gasteiger partial charge in [-0.3, -0.25) is 19.8 Å². The second kappa shape index (κ2) is 6.16. The molecule has 0 aromatic heterocycles. The smallest absolute Gasteiger partial charge is 0.277 e. The average Bonchev–Trinajstić information content (AvgIpc) is 2.65. The summed E-state index contributed by atoms with van der Waals surface area (Å²) in [5, 5.41) is 2.41. The summed E-state index contributed by atoms with van der Waals surface area (Å²) < 4.78 is 0. The first-order chi connectivity index (χ1) is 9.96. The van der Waals surface area contributed by atoms with Crippen molar-refractivity contribution in [3.8, 4) is 0 Å². The van der Waals surface area contributed by atoms with Crippen molar-refractivity contribution < 1.29 is 14.4 Å². The molecule has 2 atom stereocenters. The van der Waals surface area contributed by atoms with E-state index in [1.54, 1.807) is 0 Å². The zero-order valence-corrected chi connectivity index (χ0v) is 13.3. The molecule has 0 aromatic carbocycles. The van der Waals surface area contributed by atoms with Gasteiger partial charge in [0.1, 0.15) is 5.41 Å². The molecule has 5 heteroatoms. The van der Waals surface area contributed by atoms with E-state index in [4.69, 9.17) is 0 Å². The van der Waals surface area contributed by atoms with Gasteiger partial charge in [-0.2, -0.15) is 0 Å². The highest BCUT2D eigenvalue weighted by Crippen LogP contribution is 2.36. The molecule has 5 nitrogen and oxygen atoms in total. The molecule has 0 spiro atoms. The topological polar surface area (TPSA) is 66.5 Å². The molecule has 1 saturated heterocycles. The van der Waals surface area contributed by atoms with E-state index in [1.807, 2.05) is 13.8 Å². The molecule has 1 saturated carbocycles. The molecule has 2 fully saturated rings. The quantitative estimate of drug-likeness (QED) is 0.643. The van der Waals surface area contributed by atoms with Crippen molar-refractivity contribution in [3.63, 3.8) is 0 Å². The Kier molecular flexibility index (Phi) is 4.69. The van der Waals surface area contributed by atoms with Gasteiger partial charge in [0.05, 0.1) is 0 Å². The van der Waals surface area contributed by atoms with E-state index in [0.717, 1.165) is 32.1 Å². The molecule has 0 bridgehead atoms. The van der Waals surface area contributed by atoms with Crippen LogP contribution in [0.1, 0.15) is 65.7 Å². The van der Waals surface area contributed by atoms with Crippen LogP contribution in [0.25, 0.3) is 0 Å². The number of hydrogen-bond acceptors (Lipinski definition) is 3. The van der Waals surface area contributed by atoms with E-state index in [9.17, 15) is 14.4 Å². The van der Waals surface area contributed by atoms with Crippen LogP contribution in [0.5, 0.6) is 0 Å². The molecule has 1 aliphatic heterocycles. The number of rotatable bonds is 3. The van der Waals surface area contributed by atoms with Crippen molar-refractivity contribution >= 4 is 17.8 Å². The van der Waals surface area contributed by atoms with Crippen LogP contribution < -0.4 is 5.32 Å². The lowest BCUT2D eigenvalue weighted by molar-refractivity contribution is -0.153. The fourth-order valence-corrected chi connectivity index (χ4v) is 3.63. The van der Waals surface area contributed by atoms with Gasteiger partial charge in [0, 0.05) is 6.04 Å². The van der Waals surface area contributed by atoms with Crippen LogP contribution >= 0.6 is 0 Å². The lowest BCUT2D eigenvalue weighted by Gasteiger charge is -2.41. The van der Waals surface area contributed by atoms with Gasteiger partial charge in [0.25, 0.3) is 0 Å². The lowest BCUT2D eigenvalue weighted by atomic mass is 9.78. The average molecular weight is 294 g/mol. The molecular weight excluding hydrogens is 268 g/mol. The minimum Gasteiger partial charge on any atom is -0.277 e. The van der Waals surface area contributed by atoms with Crippen LogP contribution in [0.3, 0.4) is 0 Å². The lowest BCUT2D eigenvalue weighted by Crippen LogP contribution is -2.65. The maximum Gasteiger partial charge on any atom is 0.331 e. The van der Waals surface area contributed by atoms with Crippen molar-refractivity contribution in [2.45, 2.75) is 71.8 Å². The molecule has 118 valence electrons. The normalized spacial score (nSPS) is 30.0. The zero-order valence-electron chi connectivity index (χ0n) is 13.3. The van der Waals surface area contributed by atoms with Crippen LogP contribution in [-0.2, 0) is 9.59 Å². The van der Waals surface area contributed by atoms with Crippen LogP contribution in [0.4, 0.5) is 4.79 Å². The number of imide groups is 2. The van der Waals surface area contributed by atoms with Crippen molar-refractivity contribution in [2.24, 2.45) is 11.3 Å². The molecule has 2 aliphatic rings. The highest BCUT2D eigenvalue weighted by molar-refractivity contribution is 6.19. The molecule has 1 N–H and O–H groups in total. The third-order valence-corrected chi connectivity index (χ3v) is 5.30. The third-order valence-electron chi connectivity index (χ3n) is 5.30. The van der Waals surface area contributed by atoms with E-state index >= 15 is 0 Å². The summed E-state index contributed by atoms with van der Waals surface area (Å²) in [5.41, 5.74) is -1.06. The number of hydrogen-bond donors (Lipinski definition) is 1. The first-order valence-electron chi connectivity index (χ1n) is 8.15. The largest absolute Gasteiger partial charge is 0.331 e. The predicted molar refractivity (Wildman–Crippen MR) is 79.4 cm³/mol. The number of amides is 4. The maximum atomic E-state index is 12.9. The van der Waals surface area contributed by atoms with Crippen molar-refractivity contribution in [2.75, 3.05) is 0 Å². The van der Waals surface area contributed by atoms with Crippen LogP contribution in [0.2, 0.25) is 0 Å². The maximum absolute atomic E-state index is 12.9. The summed E-state index contributed by atoms with van der Waals surface area (Å²) in [5.74, 6) is -0.0803. The van der Waals surface area contributed by atoms with Crippen molar-refractivity contribution in [1.29, 1.82) is 0 Å².